The number of nitrogens with one attached hydrogen (secondary N) is 3. The third kappa shape index (κ3) is 3.66. The maximum Gasteiger partial charge on any atom is 0.228 e. The molecule has 0 unspecified atom stereocenters. The fourth-order valence-corrected chi connectivity index (χ4v) is 2.70. The molecule has 1 aliphatic rings. The maximum atomic E-state index is 5.27. The molecule has 0 spiro atoms. The van der Waals surface area contributed by atoms with Crippen LogP contribution < -0.4 is 15.4 Å². The summed E-state index contributed by atoms with van der Waals surface area (Å²) in [4.78, 5) is 8.89. The maximum absolute atomic E-state index is 5.27. The summed E-state index contributed by atoms with van der Waals surface area (Å²) in [6.07, 6.45) is 6.19. The van der Waals surface area contributed by atoms with Crippen molar-refractivity contribution in [2.45, 2.75) is 45.1 Å². The molecule has 118 valence electrons. The van der Waals surface area contributed by atoms with Crippen LogP contribution in [0.25, 0.3) is 0 Å². The molecule has 1 saturated carbocycles. The Balaban J connectivity index is 1.76. The molecule has 22 heavy (non-hydrogen) atoms. The number of ether oxygens (including phenoxy) is 1. The molecule has 1 aliphatic carbocycles. The highest BCUT2D eigenvalue weighted by atomic mass is 16.5. The Hall–Kier alpha value is -2.31. The average Bonchev–Trinajstić information content (AvgIpc) is 2.93. The Labute approximate surface area is 129 Å². The normalized spacial score (nSPS) is 15.5. The van der Waals surface area contributed by atoms with Crippen molar-refractivity contribution in [2.75, 3.05) is 17.7 Å². The van der Waals surface area contributed by atoms with Crippen LogP contribution in [0.3, 0.4) is 0 Å². The number of hydrogen-bond donors (Lipinski definition) is 3. The molecule has 2 aromatic heterocycles. The Bertz CT molecular complexity index is 620. The van der Waals surface area contributed by atoms with Gasteiger partial charge in [-0.1, -0.05) is 19.3 Å². The van der Waals surface area contributed by atoms with Gasteiger partial charge in [0, 0.05) is 23.9 Å². The number of H-pyrrole nitrogens is 1. The summed E-state index contributed by atoms with van der Waals surface area (Å²) >= 11 is 0. The molecular formula is C15H22N6O. The summed E-state index contributed by atoms with van der Waals surface area (Å²) in [6.45, 7) is 1.95. The van der Waals surface area contributed by atoms with Crippen molar-refractivity contribution < 1.29 is 4.74 Å². The van der Waals surface area contributed by atoms with Gasteiger partial charge in [-0.25, -0.2) is 0 Å². The summed E-state index contributed by atoms with van der Waals surface area (Å²) in [5.41, 5.74) is 0.990. The van der Waals surface area contributed by atoms with Crippen LogP contribution in [0.1, 0.15) is 37.8 Å². The van der Waals surface area contributed by atoms with Gasteiger partial charge < -0.3 is 15.4 Å². The van der Waals surface area contributed by atoms with E-state index in [0.717, 1.165) is 11.5 Å². The Morgan fingerprint density at radius 2 is 1.95 bits per heavy atom. The molecule has 3 rings (SSSR count). The zero-order valence-corrected chi connectivity index (χ0v) is 13.0. The Kier molecular flexibility index (Phi) is 4.41. The van der Waals surface area contributed by atoms with E-state index in [0.29, 0.717) is 23.7 Å². The lowest BCUT2D eigenvalue weighted by molar-refractivity contribution is 0.397. The largest absolute Gasteiger partial charge is 0.481 e. The number of aromatic amines is 1. The summed E-state index contributed by atoms with van der Waals surface area (Å²) < 4.78 is 5.27. The quantitative estimate of drug-likeness (QED) is 0.787. The van der Waals surface area contributed by atoms with Gasteiger partial charge in [-0.2, -0.15) is 15.1 Å². The smallest absolute Gasteiger partial charge is 0.228 e. The molecule has 0 radical (unpaired) electrons. The minimum Gasteiger partial charge on any atom is -0.481 e. The number of rotatable bonds is 5. The van der Waals surface area contributed by atoms with Crippen LogP contribution >= 0.6 is 0 Å². The van der Waals surface area contributed by atoms with E-state index in [2.05, 4.69) is 30.8 Å². The number of aryl methyl sites for hydroxylation is 1. The van der Waals surface area contributed by atoms with Gasteiger partial charge in [-0.3, -0.25) is 5.10 Å². The second-order valence-corrected chi connectivity index (χ2v) is 5.66. The lowest BCUT2D eigenvalue weighted by Crippen LogP contribution is -2.23. The molecule has 0 aromatic carbocycles. The fourth-order valence-electron chi connectivity index (χ4n) is 2.70. The molecule has 3 N–H and O–H groups in total. The summed E-state index contributed by atoms with van der Waals surface area (Å²) in [6, 6.07) is 4.13. The molecule has 0 aliphatic heterocycles. The predicted octanol–water partition coefficient (Wildman–Crippen LogP) is 3.00. The monoisotopic (exact) mass is 302 g/mol. The lowest BCUT2D eigenvalue weighted by atomic mass is 9.96. The number of nitrogens with zero attached hydrogens (tertiary/aromatic N) is 3. The van der Waals surface area contributed by atoms with E-state index in [4.69, 9.17) is 4.74 Å². The highest BCUT2D eigenvalue weighted by molar-refractivity contribution is 5.55. The molecule has 0 amide bonds. The van der Waals surface area contributed by atoms with Gasteiger partial charge in [0.05, 0.1) is 7.11 Å². The van der Waals surface area contributed by atoms with Gasteiger partial charge in [-0.05, 0) is 19.8 Å². The van der Waals surface area contributed by atoms with E-state index in [1.54, 1.807) is 13.2 Å². The molecular weight excluding hydrogens is 280 g/mol. The van der Waals surface area contributed by atoms with Crippen LogP contribution in [-0.2, 0) is 0 Å². The first kappa shape index (κ1) is 14.6. The molecule has 2 aromatic rings. The van der Waals surface area contributed by atoms with Crippen molar-refractivity contribution in [3.8, 4) is 5.88 Å². The number of methoxy groups -OCH3 is 1. The highest BCUT2D eigenvalue weighted by Gasteiger charge is 2.15. The van der Waals surface area contributed by atoms with Gasteiger partial charge in [0.25, 0.3) is 0 Å². The second kappa shape index (κ2) is 6.64. The predicted molar refractivity (Wildman–Crippen MR) is 85.7 cm³/mol. The summed E-state index contributed by atoms with van der Waals surface area (Å²) in [7, 11) is 1.61. The van der Waals surface area contributed by atoms with Gasteiger partial charge in [0.1, 0.15) is 5.82 Å². The zero-order chi connectivity index (χ0) is 15.4. The molecule has 0 bridgehead atoms. The SMILES string of the molecule is COc1cc(Nc2cc(C)[nH]n2)nc(NC2CCCCC2)n1. The van der Waals surface area contributed by atoms with Gasteiger partial charge in [0.15, 0.2) is 5.82 Å². The molecule has 0 atom stereocenters. The van der Waals surface area contributed by atoms with E-state index in [1.165, 1.54) is 32.1 Å². The zero-order valence-electron chi connectivity index (χ0n) is 13.0. The van der Waals surface area contributed by atoms with Crippen LogP contribution in [0.15, 0.2) is 12.1 Å². The molecule has 2 heterocycles. The second-order valence-electron chi connectivity index (χ2n) is 5.66. The Morgan fingerprint density at radius 3 is 2.64 bits per heavy atom. The van der Waals surface area contributed by atoms with E-state index < -0.39 is 0 Å². The first-order chi connectivity index (χ1) is 10.7. The molecule has 7 nitrogen and oxygen atoms in total. The van der Waals surface area contributed by atoms with Crippen LogP contribution in [0.2, 0.25) is 0 Å². The van der Waals surface area contributed by atoms with Gasteiger partial charge in [0.2, 0.25) is 11.8 Å². The van der Waals surface area contributed by atoms with Crippen molar-refractivity contribution in [1.82, 2.24) is 20.2 Å². The number of aromatic nitrogens is 4. The van der Waals surface area contributed by atoms with E-state index >= 15 is 0 Å². The van der Waals surface area contributed by atoms with Crippen LogP contribution in [-0.4, -0.2) is 33.3 Å². The van der Waals surface area contributed by atoms with Crippen LogP contribution in [0, 0.1) is 6.92 Å². The fraction of sp³-hybridized carbons (Fsp3) is 0.533. The highest BCUT2D eigenvalue weighted by Crippen LogP contribution is 2.23. The van der Waals surface area contributed by atoms with Crippen molar-refractivity contribution in [3.63, 3.8) is 0 Å². The molecule has 1 fully saturated rings. The standard InChI is InChI=1S/C15H22N6O/c1-10-8-13(21-20-10)17-12-9-14(22-2)19-15(18-12)16-11-6-4-3-5-7-11/h8-9,11H,3-7H2,1-2H3,(H3,16,17,18,19,20,21). The third-order valence-electron chi connectivity index (χ3n) is 3.81. The average molecular weight is 302 g/mol. The summed E-state index contributed by atoms with van der Waals surface area (Å²) in [5.74, 6) is 2.52. The summed E-state index contributed by atoms with van der Waals surface area (Å²) in [5, 5.41) is 13.6. The lowest BCUT2D eigenvalue weighted by Gasteiger charge is -2.23. The number of hydrogen-bond acceptors (Lipinski definition) is 6. The van der Waals surface area contributed by atoms with E-state index in [-0.39, 0.29) is 0 Å². The van der Waals surface area contributed by atoms with Crippen molar-refractivity contribution >= 4 is 17.6 Å². The third-order valence-corrected chi connectivity index (χ3v) is 3.81. The first-order valence-corrected chi connectivity index (χ1v) is 7.71. The van der Waals surface area contributed by atoms with E-state index in [9.17, 15) is 0 Å². The molecule has 7 heteroatoms. The molecule has 0 saturated heterocycles. The van der Waals surface area contributed by atoms with Gasteiger partial charge in [-0.15, -0.1) is 0 Å². The van der Waals surface area contributed by atoms with Crippen molar-refractivity contribution in [3.05, 3.63) is 17.8 Å². The van der Waals surface area contributed by atoms with Crippen LogP contribution in [0.5, 0.6) is 5.88 Å². The van der Waals surface area contributed by atoms with Crippen molar-refractivity contribution in [2.24, 2.45) is 0 Å². The van der Waals surface area contributed by atoms with Gasteiger partial charge >= 0.3 is 0 Å². The topological polar surface area (TPSA) is 87.8 Å². The first-order valence-electron chi connectivity index (χ1n) is 7.71. The number of anilines is 3. The Morgan fingerprint density at radius 1 is 1.14 bits per heavy atom. The van der Waals surface area contributed by atoms with Crippen LogP contribution in [0.4, 0.5) is 17.6 Å². The minimum absolute atomic E-state index is 0.446. The van der Waals surface area contributed by atoms with E-state index in [1.807, 2.05) is 13.0 Å². The van der Waals surface area contributed by atoms with Crippen molar-refractivity contribution in [1.29, 1.82) is 0 Å². The minimum atomic E-state index is 0.446.